The molecule has 2 aromatic heterocycles. The minimum absolute atomic E-state index is 0.234. The number of amides is 1. The summed E-state index contributed by atoms with van der Waals surface area (Å²) in [5.41, 5.74) is 4.98. The van der Waals surface area contributed by atoms with Crippen LogP contribution in [0.3, 0.4) is 0 Å². The molecule has 0 spiro atoms. The molecule has 2 heterocycles. The molecule has 0 aliphatic rings. The number of pyridine rings is 2. The van der Waals surface area contributed by atoms with Crippen molar-refractivity contribution in [3.8, 4) is 16.9 Å². The molecule has 0 fully saturated rings. The summed E-state index contributed by atoms with van der Waals surface area (Å²) in [6.07, 6.45) is 4.58. The molecule has 4 aromatic rings. The molecule has 0 aliphatic heterocycles. The lowest BCUT2D eigenvalue weighted by molar-refractivity contribution is 0.0600. The third-order valence-corrected chi connectivity index (χ3v) is 5.51. The fourth-order valence-electron chi connectivity index (χ4n) is 3.69. The zero-order chi connectivity index (χ0) is 25.5. The van der Waals surface area contributed by atoms with Crippen molar-refractivity contribution in [2.45, 2.75) is 13.5 Å². The number of nitrogens with one attached hydrogen (secondary N) is 2. The van der Waals surface area contributed by atoms with E-state index in [0.29, 0.717) is 23.5 Å². The Balaban J connectivity index is 1.50. The van der Waals surface area contributed by atoms with E-state index in [1.165, 1.54) is 43.8 Å². The monoisotopic (exact) mass is 482 g/mol. The Kier molecular flexibility index (Phi) is 7.55. The Bertz CT molecular complexity index is 1390. The van der Waals surface area contributed by atoms with Crippen LogP contribution < -0.4 is 15.4 Å². The third kappa shape index (κ3) is 5.85. The molecule has 0 atom stereocenters. The summed E-state index contributed by atoms with van der Waals surface area (Å²) in [5, 5.41) is 6.09. The molecule has 4 rings (SSSR count). The summed E-state index contributed by atoms with van der Waals surface area (Å²) in [6, 6.07) is 19.0. The van der Waals surface area contributed by atoms with E-state index in [2.05, 4.69) is 45.7 Å². The Morgan fingerprint density at radius 1 is 0.917 bits per heavy atom. The SMILES string of the molecule is COC(=O)c1cncc(NC(=O)c2cc(-c3ccc(NCc4cccc(C)c4)nc3)ccc2OC)c1. The highest BCUT2D eigenvalue weighted by molar-refractivity contribution is 6.07. The number of methoxy groups -OCH3 is 2. The number of carbonyl (C=O) groups excluding carboxylic acids is 2. The molecule has 2 N–H and O–H groups in total. The average molecular weight is 483 g/mol. The van der Waals surface area contributed by atoms with Gasteiger partial charge in [0.1, 0.15) is 11.6 Å². The van der Waals surface area contributed by atoms with Gasteiger partial charge in [-0.2, -0.15) is 0 Å². The normalized spacial score (nSPS) is 10.4. The lowest BCUT2D eigenvalue weighted by Gasteiger charge is -2.12. The van der Waals surface area contributed by atoms with Crippen LogP contribution in [-0.4, -0.2) is 36.1 Å². The third-order valence-electron chi connectivity index (χ3n) is 5.51. The fraction of sp³-hybridized carbons (Fsp3) is 0.143. The van der Waals surface area contributed by atoms with E-state index in [1.54, 1.807) is 18.3 Å². The van der Waals surface area contributed by atoms with Crippen LogP contribution in [0.25, 0.3) is 11.1 Å². The summed E-state index contributed by atoms with van der Waals surface area (Å²) < 4.78 is 10.1. The predicted octanol–water partition coefficient (Wildman–Crippen LogP) is 5.11. The minimum Gasteiger partial charge on any atom is -0.496 e. The van der Waals surface area contributed by atoms with Gasteiger partial charge in [0.25, 0.3) is 5.91 Å². The van der Waals surface area contributed by atoms with Crippen LogP contribution in [0.2, 0.25) is 0 Å². The summed E-state index contributed by atoms with van der Waals surface area (Å²) in [6.45, 7) is 2.74. The first kappa shape index (κ1) is 24.4. The Morgan fingerprint density at radius 3 is 2.47 bits per heavy atom. The van der Waals surface area contributed by atoms with Crippen LogP contribution in [-0.2, 0) is 11.3 Å². The van der Waals surface area contributed by atoms with Gasteiger partial charge >= 0.3 is 5.97 Å². The lowest BCUT2D eigenvalue weighted by Crippen LogP contribution is -2.14. The number of benzene rings is 2. The van der Waals surface area contributed by atoms with Crippen molar-refractivity contribution < 1.29 is 19.1 Å². The van der Waals surface area contributed by atoms with Crippen LogP contribution in [0.5, 0.6) is 5.75 Å². The van der Waals surface area contributed by atoms with Gasteiger partial charge in [0.05, 0.1) is 37.2 Å². The van der Waals surface area contributed by atoms with Crippen LogP contribution in [0.15, 0.2) is 79.3 Å². The number of esters is 1. The van der Waals surface area contributed by atoms with E-state index in [9.17, 15) is 9.59 Å². The van der Waals surface area contributed by atoms with E-state index >= 15 is 0 Å². The summed E-state index contributed by atoms with van der Waals surface area (Å²) >= 11 is 0. The largest absolute Gasteiger partial charge is 0.496 e. The van der Waals surface area contributed by atoms with Gasteiger partial charge < -0.3 is 20.1 Å². The number of hydrogen-bond donors (Lipinski definition) is 2. The number of aryl methyl sites for hydroxylation is 1. The zero-order valence-corrected chi connectivity index (χ0v) is 20.2. The van der Waals surface area contributed by atoms with Crippen molar-refractivity contribution in [2.75, 3.05) is 24.9 Å². The molecule has 2 aromatic carbocycles. The Morgan fingerprint density at radius 2 is 1.75 bits per heavy atom. The molecule has 182 valence electrons. The summed E-state index contributed by atoms with van der Waals surface area (Å²) in [4.78, 5) is 33.3. The van der Waals surface area contributed by atoms with Gasteiger partial charge in [0.2, 0.25) is 0 Å². The van der Waals surface area contributed by atoms with Crippen molar-refractivity contribution >= 4 is 23.4 Å². The zero-order valence-electron chi connectivity index (χ0n) is 20.2. The number of ether oxygens (including phenoxy) is 2. The number of anilines is 2. The predicted molar refractivity (Wildman–Crippen MR) is 138 cm³/mol. The van der Waals surface area contributed by atoms with Crippen molar-refractivity contribution in [1.82, 2.24) is 9.97 Å². The first-order valence-corrected chi connectivity index (χ1v) is 11.3. The van der Waals surface area contributed by atoms with Gasteiger partial charge in [-0.25, -0.2) is 9.78 Å². The van der Waals surface area contributed by atoms with Gasteiger partial charge in [-0.15, -0.1) is 0 Å². The second-order valence-electron chi connectivity index (χ2n) is 8.10. The maximum absolute atomic E-state index is 13.1. The molecule has 8 nitrogen and oxygen atoms in total. The van der Waals surface area contributed by atoms with E-state index in [1.807, 2.05) is 24.3 Å². The number of hydrogen-bond acceptors (Lipinski definition) is 7. The minimum atomic E-state index is -0.539. The van der Waals surface area contributed by atoms with Crippen molar-refractivity contribution in [2.24, 2.45) is 0 Å². The quantitative estimate of drug-likeness (QED) is 0.336. The number of rotatable bonds is 8. The van der Waals surface area contributed by atoms with Gasteiger partial charge in [-0.3, -0.25) is 9.78 Å². The van der Waals surface area contributed by atoms with Crippen molar-refractivity contribution in [3.05, 3.63) is 102 Å². The molecule has 0 bridgehead atoms. The highest BCUT2D eigenvalue weighted by Crippen LogP contribution is 2.28. The second-order valence-corrected chi connectivity index (χ2v) is 8.10. The topological polar surface area (TPSA) is 102 Å². The highest BCUT2D eigenvalue weighted by Gasteiger charge is 2.16. The van der Waals surface area contributed by atoms with Gasteiger partial charge in [0.15, 0.2) is 0 Å². The number of carbonyl (C=O) groups is 2. The number of aromatic nitrogens is 2. The number of nitrogens with zero attached hydrogens (tertiary/aromatic N) is 2. The maximum atomic E-state index is 13.1. The molecule has 8 heteroatoms. The first-order valence-electron chi connectivity index (χ1n) is 11.3. The smallest absolute Gasteiger partial charge is 0.339 e. The first-order chi connectivity index (χ1) is 17.5. The molecule has 0 unspecified atom stereocenters. The van der Waals surface area contributed by atoms with Gasteiger partial charge in [0, 0.05) is 24.5 Å². The van der Waals surface area contributed by atoms with Crippen molar-refractivity contribution in [1.29, 1.82) is 0 Å². The second kappa shape index (κ2) is 11.1. The molecule has 1 amide bonds. The van der Waals surface area contributed by atoms with Crippen molar-refractivity contribution in [3.63, 3.8) is 0 Å². The lowest BCUT2D eigenvalue weighted by atomic mass is 10.0. The molecule has 0 radical (unpaired) electrons. The summed E-state index contributed by atoms with van der Waals surface area (Å²) in [7, 11) is 2.78. The molecule has 0 aliphatic carbocycles. The average Bonchev–Trinajstić information content (AvgIpc) is 2.91. The maximum Gasteiger partial charge on any atom is 0.339 e. The standard InChI is InChI=1S/C28H26N4O4/c1-18-5-4-6-19(11-18)14-30-26-10-8-21(16-31-26)20-7-9-25(35-2)24(13-20)27(33)32-23-12-22(15-29-17-23)28(34)36-3/h4-13,15-17H,14H2,1-3H3,(H,30,31)(H,32,33). The molecular weight excluding hydrogens is 456 g/mol. The summed E-state index contributed by atoms with van der Waals surface area (Å²) in [5.74, 6) is 0.229. The van der Waals surface area contributed by atoms with Crippen LogP contribution in [0.4, 0.5) is 11.5 Å². The van der Waals surface area contributed by atoms with Crippen LogP contribution in [0.1, 0.15) is 31.8 Å². The molecule has 0 saturated heterocycles. The molecule has 36 heavy (non-hydrogen) atoms. The van der Waals surface area contributed by atoms with E-state index in [0.717, 1.165) is 16.9 Å². The van der Waals surface area contributed by atoms with E-state index < -0.39 is 11.9 Å². The van der Waals surface area contributed by atoms with Gasteiger partial charge in [-0.1, -0.05) is 35.9 Å². The van der Waals surface area contributed by atoms with E-state index in [4.69, 9.17) is 9.47 Å². The van der Waals surface area contributed by atoms with Crippen LogP contribution in [0, 0.1) is 6.92 Å². The Hall–Kier alpha value is -4.72. The van der Waals surface area contributed by atoms with E-state index in [-0.39, 0.29) is 5.56 Å². The molecular formula is C28H26N4O4. The highest BCUT2D eigenvalue weighted by atomic mass is 16.5. The Labute approximate surface area is 209 Å². The van der Waals surface area contributed by atoms with Crippen LogP contribution >= 0.6 is 0 Å². The molecule has 0 saturated carbocycles. The van der Waals surface area contributed by atoms with Gasteiger partial charge in [-0.05, 0) is 48.4 Å². The fourth-order valence-corrected chi connectivity index (χ4v) is 3.69.